The zero-order valence-corrected chi connectivity index (χ0v) is 13.1. The van der Waals surface area contributed by atoms with Gasteiger partial charge in [0.15, 0.2) is 0 Å². The maximum atomic E-state index is 6.20. The molecular weight excluding hydrogens is 239 g/mol. The molecule has 1 heterocycles. The highest BCUT2D eigenvalue weighted by Crippen LogP contribution is 2.29. The van der Waals surface area contributed by atoms with E-state index in [-0.39, 0.29) is 18.4 Å². The van der Waals surface area contributed by atoms with Crippen LogP contribution in [-0.2, 0) is 9.31 Å². The van der Waals surface area contributed by atoms with Crippen molar-refractivity contribution in [3.8, 4) is 0 Å². The molecule has 1 aliphatic rings. The Kier molecular flexibility index (Phi) is 3.72. The standard InChI is InChI=1S/C14H23BO2Si/c1-12-11-14(2,3)17-15(16-12)18(4,5)13-9-7-6-8-10-13/h6-10,12H,11H2,1-5H3. The molecule has 1 aliphatic heterocycles. The Labute approximate surface area is 112 Å². The van der Waals surface area contributed by atoms with E-state index in [2.05, 4.69) is 64.2 Å². The van der Waals surface area contributed by atoms with Crippen LogP contribution >= 0.6 is 0 Å². The predicted octanol–water partition coefficient (Wildman–Crippen LogP) is 2.77. The first-order valence-corrected chi connectivity index (χ1v) is 9.78. The zero-order chi connectivity index (χ0) is 13.4. The summed E-state index contributed by atoms with van der Waals surface area (Å²) in [4.78, 5) is 0. The molecule has 4 heteroatoms. The topological polar surface area (TPSA) is 18.5 Å². The van der Waals surface area contributed by atoms with Crippen LogP contribution in [0.5, 0.6) is 0 Å². The Hall–Kier alpha value is -0.578. The van der Waals surface area contributed by atoms with Crippen molar-refractivity contribution in [3.05, 3.63) is 30.3 Å². The van der Waals surface area contributed by atoms with Crippen LogP contribution in [0.2, 0.25) is 13.1 Å². The van der Waals surface area contributed by atoms with Gasteiger partial charge in [0.25, 0.3) is 0 Å². The van der Waals surface area contributed by atoms with Crippen molar-refractivity contribution in [3.63, 3.8) is 0 Å². The first-order valence-electron chi connectivity index (χ1n) is 6.70. The van der Waals surface area contributed by atoms with Crippen LogP contribution in [0.15, 0.2) is 30.3 Å². The molecule has 98 valence electrons. The average Bonchev–Trinajstić information content (AvgIpc) is 2.27. The van der Waals surface area contributed by atoms with E-state index in [4.69, 9.17) is 9.31 Å². The van der Waals surface area contributed by atoms with Crippen LogP contribution in [0.4, 0.5) is 0 Å². The molecule has 0 aliphatic carbocycles. The van der Waals surface area contributed by atoms with Gasteiger partial charge in [-0.15, -0.1) is 0 Å². The second kappa shape index (κ2) is 4.83. The van der Waals surface area contributed by atoms with E-state index in [9.17, 15) is 0 Å². The van der Waals surface area contributed by atoms with Crippen molar-refractivity contribution >= 4 is 19.8 Å². The normalized spacial score (nSPS) is 24.1. The molecule has 1 aromatic rings. The molecular formula is C14H23BO2Si. The molecule has 18 heavy (non-hydrogen) atoms. The molecule has 1 unspecified atom stereocenters. The largest absolute Gasteiger partial charge is 0.438 e. The molecule has 0 saturated carbocycles. The lowest BCUT2D eigenvalue weighted by molar-refractivity contribution is -0.0208. The Morgan fingerprint density at radius 3 is 2.39 bits per heavy atom. The number of hydrogen-bond donors (Lipinski definition) is 0. The molecule has 0 N–H and O–H groups in total. The monoisotopic (exact) mass is 262 g/mol. The third-order valence-corrected chi connectivity index (χ3v) is 6.92. The van der Waals surface area contributed by atoms with E-state index >= 15 is 0 Å². The summed E-state index contributed by atoms with van der Waals surface area (Å²) in [6.45, 7) is 11.1. The van der Waals surface area contributed by atoms with Crippen LogP contribution in [0, 0.1) is 0 Å². The smallest absolute Gasteiger partial charge is 0.411 e. The molecule has 0 spiro atoms. The summed E-state index contributed by atoms with van der Waals surface area (Å²) >= 11 is 0. The maximum absolute atomic E-state index is 6.20. The Morgan fingerprint density at radius 2 is 1.83 bits per heavy atom. The maximum Gasteiger partial charge on any atom is 0.438 e. The van der Waals surface area contributed by atoms with Crippen LogP contribution in [0.3, 0.4) is 0 Å². The molecule has 0 bridgehead atoms. The lowest BCUT2D eigenvalue weighted by atomic mass is 9.96. The SMILES string of the molecule is CC1CC(C)(C)OB([Si](C)(C)c2ccccc2)O1. The van der Waals surface area contributed by atoms with Gasteiger partial charge in [-0.25, -0.2) is 0 Å². The highest BCUT2D eigenvalue weighted by Gasteiger charge is 2.48. The van der Waals surface area contributed by atoms with Gasteiger partial charge >= 0.3 is 6.71 Å². The number of benzene rings is 1. The quantitative estimate of drug-likeness (QED) is 0.763. The lowest BCUT2D eigenvalue weighted by Gasteiger charge is -2.43. The van der Waals surface area contributed by atoms with Gasteiger partial charge in [-0.1, -0.05) is 48.6 Å². The van der Waals surface area contributed by atoms with Gasteiger partial charge < -0.3 is 9.31 Å². The number of rotatable bonds is 2. The third-order valence-electron chi connectivity index (χ3n) is 3.67. The van der Waals surface area contributed by atoms with Gasteiger partial charge in [0.1, 0.15) is 7.94 Å². The third kappa shape index (κ3) is 2.87. The summed E-state index contributed by atoms with van der Waals surface area (Å²) < 4.78 is 12.3. The second-order valence-corrected chi connectivity index (χ2v) is 10.9. The van der Waals surface area contributed by atoms with Crippen LogP contribution in [-0.4, -0.2) is 26.4 Å². The first kappa shape index (κ1) is 13.8. The minimum Gasteiger partial charge on any atom is -0.411 e. The molecule has 1 atom stereocenters. The van der Waals surface area contributed by atoms with Crippen molar-refractivity contribution in [1.29, 1.82) is 0 Å². The fourth-order valence-corrected chi connectivity index (χ4v) is 5.15. The van der Waals surface area contributed by atoms with Crippen molar-refractivity contribution in [2.75, 3.05) is 0 Å². The second-order valence-electron chi connectivity index (χ2n) is 6.45. The summed E-state index contributed by atoms with van der Waals surface area (Å²) in [7, 11) is -1.75. The Balaban J connectivity index is 2.24. The predicted molar refractivity (Wildman–Crippen MR) is 79.6 cm³/mol. The van der Waals surface area contributed by atoms with Crippen LogP contribution in [0.25, 0.3) is 0 Å². The van der Waals surface area contributed by atoms with Gasteiger partial charge in [-0.3, -0.25) is 0 Å². The Bertz CT molecular complexity index is 406. The van der Waals surface area contributed by atoms with E-state index in [0.717, 1.165) is 6.42 Å². The summed E-state index contributed by atoms with van der Waals surface area (Å²) in [5.41, 5.74) is -0.0820. The number of hydrogen-bond acceptors (Lipinski definition) is 2. The van der Waals surface area contributed by atoms with E-state index in [0.29, 0.717) is 0 Å². The lowest BCUT2D eigenvalue weighted by Crippen LogP contribution is -2.64. The van der Waals surface area contributed by atoms with Gasteiger partial charge in [-0.2, -0.15) is 0 Å². The average molecular weight is 262 g/mol. The fraction of sp³-hybridized carbons (Fsp3) is 0.571. The van der Waals surface area contributed by atoms with E-state index in [1.165, 1.54) is 5.19 Å². The zero-order valence-electron chi connectivity index (χ0n) is 12.1. The van der Waals surface area contributed by atoms with E-state index in [1.807, 2.05) is 0 Å². The van der Waals surface area contributed by atoms with Crippen molar-refractivity contribution < 1.29 is 9.31 Å². The van der Waals surface area contributed by atoms with Crippen molar-refractivity contribution in [2.24, 2.45) is 0 Å². The minimum absolute atomic E-state index is 0.0568. The van der Waals surface area contributed by atoms with Gasteiger partial charge in [0.05, 0.1) is 5.60 Å². The molecule has 0 radical (unpaired) electrons. The molecule has 1 aromatic carbocycles. The van der Waals surface area contributed by atoms with Crippen LogP contribution in [0.1, 0.15) is 27.2 Å². The summed E-state index contributed by atoms with van der Waals surface area (Å²) in [5, 5.41) is 1.39. The van der Waals surface area contributed by atoms with Gasteiger partial charge in [0, 0.05) is 6.10 Å². The molecule has 1 fully saturated rings. The van der Waals surface area contributed by atoms with Gasteiger partial charge in [-0.05, 0) is 27.2 Å². The summed E-state index contributed by atoms with van der Waals surface area (Å²) in [6, 6.07) is 10.7. The minimum atomic E-state index is -1.75. The molecule has 2 nitrogen and oxygen atoms in total. The molecule has 1 saturated heterocycles. The van der Waals surface area contributed by atoms with E-state index < -0.39 is 7.94 Å². The summed E-state index contributed by atoms with van der Waals surface area (Å²) in [5.74, 6) is 0. The highest BCUT2D eigenvalue weighted by atomic mass is 28.3. The first-order chi connectivity index (χ1) is 8.31. The molecule has 2 rings (SSSR count). The molecule has 0 aromatic heterocycles. The van der Waals surface area contributed by atoms with Crippen molar-refractivity contribution in [2.45, 2.75) is 52.0 Å². The highest BCUT2D eigenvalue weighted by molar-refractivity contribution is 7.33. The molecule has 0 amide bonds. The van der Waals surface area contributed by atoms with E-state index in [1.54, 1.807) is 0 Å². The summed E-state index contributed by atoms with van der Waals surface area (Å²) in [6.07, 6.45) is 1.23. The van der Waals surface area contributed by atoms with Crippen LogP contribution < -0.4 is 5.19 Å². The van der Waals surface area contributed by atoms with Gasteiger partial charge in [0.2, 0.25) is 0 Å². The fourth-order valence-electron chi connectivity index (χ4n) is 2.64. The Morgan fingerprint density at radius 1 is 1.22 bits per heavy atom. The van der Waals surface area contributed by atoms with Crippen molar-refractivity contribution in [1.82, 2.24) is 0 Å².